The van der Waals surface area contributed by atoms with Gasteiger partial charge >= 0.3 is 0 Å². The maximum absolute atomic E-state index is 5.10. The summed E-state index contributed by atoms with van der Waals surface area (Å²) in [5, 5.41) is 0. The summed E-state index contributed by atoms with van der Waals surface area (Å²) in [6, 6.07) is 0. The van der Waals surface area contributed by atoms with Gasteiger partial charge in [-0.1, -0.05) is 0 Å². The third-order valence-electron chi connectivity index (χ3n) is 2.03. The highest BCUT2D eigenvalue weighted by Gasteiger charge is 2.21. The van der Waals surface area contributed by atoms with Gasteiger partial charge in [0.25, 0.3) is 0 Å². The largest absolute Gasteiger partial charge is 0.381 e. The number of methoxy groups -OCH3 is 1. The average molecular weight is 156 g/mol. The van der Waals surface area contributed by atoms with Crippen molar-refractivity contribution in [3.8, 4) is 0 Å². The van der Waals surface area contributed by atoms with Gasteiger partial charge in [0.15, 0.2) is 0 Å². The molecule has 0 fully saturated rings. The highest BCUT2D eigenvalue weighted by molar-refractivity contribution is 4.94. The normalized spacial score (nSPS) is 23.4. The SMILES string of the molecule is CCN1C=CN(C)C1COC. The molecule has 0 N–H and O–H groups in total. The van der Waals surface area contributed by atoms with Gasteiger partial charge in [-0.25, -0.2) is 0 Å². The van der Waals surface area contributed by atoms with Gasteiger partial charge in [-0.05, 0) is 6.92 Å². The van der Waals surface area contributed by atoms with Gasteiger partial charge < -0.3 is 14.5 Å². The molecular weight excluding hydrogens is 140 g/mol. The lowest BCUT2D eigenvalue weighted by Gasteiger charge is -2.28. The van der Waals surface area contributed by atoms with Crippen LogP contribution in [0.5, 0.6) is 0 Å². The molecule has 1 aliphatic rings. The van der Waals surface area contributed by atoms with E-state index in [-0.39, 0.29) is 0 Å². The van der Waals surface area contributed by atoms with Gasteiger partial charge in [0.2, 0.25) is 0 Å². The van der Waals surface area contributed by atoms with Gasteiger partial charge in [0.1, 0.15) is 6.17 Å². The van der Waals surface area contributed by atoms with Crippen molar-refractivity contribution in [2.45, 2.75) is 13.1 Å². The van der Waals surface area contributed by atoms with Crippen LogP contribution in [0.4, 0.5) is 0 Å². The highest BCUT2D eigenvalue weighted by Crippen LogP contribution is 2.12. The molecule has 0 aromatic carbocycles. The number of likely N-dealkylation sites (N-methyl/N-ethyl adjacent to an activating group) is 2. The topological polar surface area (TPSA) is 15.7 Å². The second-order valence-electron chi connectivity index (χ2n) is 2.73. The Bertz CT molecular complexity index is 147. The predicted molar refractivity (Wildman–Crippen MR) is 44.9 cm³/mol. The Morgan fingerprint density at radius 1 is 1.45 bits per heavy atom. The van der Waals surface area contributed by atoms with E-state index in [0.29, 0.717) is 6.17 Å². The van der Waals surface area contributed by atoms with Gasteiger partial charge in [-0.3, -0.25) is 0 Å². The zero-order chi connectivity index (χ0) is 8.27. The fraction of sp³-hybridized carbons (Fsp3) is 0.750. The zero-order valence-electron chi connectivity index (χ0n) is 7.45. The van der Waals surface area contributed by atoms with E-state index in [1.165, 1.54) is 0 Å². The molecule has 0 radical (unpaired) electrons. The van der Waals surface area contributed by atoms with E-state index in [0.717, 1.165) is 13.2 Å². The second kappa shape index (κ2) is 3.62. The van der Waals surface area contributed by atoms with Crippen molar-refractivity contribution < 1.29 is 4.74 Å². The third-order valence-corrected chi connectivity index (χ3v) is 2.03. The number of hydrogen-bond acceptors (Lipinski definition) is 3. The van der Waals surface area contributed by atoms with E-state index in [1.807, 2.05) is 0 Å². The Morgan fingerprint density at radius 2 is 2.18 bits per heavy atom. The van der Waals surface area contributed by atoms with Crippen LogP contribution in [-0.2, 0) is 4.74 Å². The molecule has 0 saturated heterocycles. The number of rotatable bonds is 3. The van der Waals surface area contributed by atoms with Crippen LogP contribution in [-0.4, -0.2) is 43.3 Å². The van der Waals surface area contributed by atoms with Crippen LogP contribution in [0, 0.1) is 0 Å². The molecule has 1 atom stereocenters. The van der Waals surface area contributed by atoms with E-state index in [1.54, 1.807) is 7.11 Å². The minimum atomic E-state index is 0.394. The van der Waals surface area contributed by atoms with Gasteiger partial charge in [-0.15, -0.1) is 0 Å². The van der Waals surface area contributed by atoms with Crippen molar-refractivity contribution in [2.75, 3.05) is 27.3 Å². The molecule has 0 bridgehead atoms. The molecule has 3 nitrogen and oxygen atoms in total. The Hall–Kier alpha value is -0.700. The summed E-state index contributed by atoms with van der Waals surface area (Å²) in [6.45, 7) is 3.94. The van der Waals surface area contributed by atoms with Crippen molar-refractivity contribution in [3.05, 3.63) is 12.4 Å². The number of ether oxygens (including phenoxy) is 1. The lowest BCUT2D eigenvalue weighted by molar-refractivity contribution is 0.0689. The second-order valence-corrected chi connectivity index (χ2v) is 2.73. The quantitative estimate of drug-likeness (QED) is 0.598. The van der Waals surface area contributed by atoms with Crippen LogP contribution in [0.25, 0.3) is 0 Å². The minimum Gasteiger partial charge on any atom is -0.381 e. The molecule has 1 aliphatic heterocycles. The Kier molecular flexibility index (Phi) is 2.76. The number of nitrogens with zero attached hydrogens (tertiary/aromatic N) is 2. The molecule has 0 aromatic rings. The van der Waals surface area contributed by atoms with E-state index < -0.39 is 0 Å². The first-order chi connectivity index (χ1) is 5.29. The molecule has 0 aliphatic carbocycles. The summed E-state index contributed by atoms with van der Waals surface area (Å²) in [5.41, 5.74) is 0. The van der Waals surface area contributed by atoms with Gasteiger partial charge in [-0.2, -0.15) is 0 Å². The van der Waals surface area contributed by atoms with Crippen molar-refractivity contribution in [1.29, 1.82) is 0 Å². The van der Waals surface area contributed by atoms with Crippen molar-refractivity contribution in [2.24, 2.45) is 0 Å². The first-order valence-corrected chi connectivity index (χ1v) is 3.94. The van der Waals surface area contributed by atoms with Crippen LogP contribution in [0.15, 0.2) is 12.4 Å². The maximum Gasteiger partial charge on any atom is 0.124 e. The third kappa shape index (κ3) is 1.66. The Morgan fingerprint density at radius 3 is 2.73 bits per heavy atom. The smallest absolute Gasteiger partial charge is 0.124 e. The molecule has 1 unspecified atom stereocenters. The minimum absolute atomic E-state index is 0.394. The van der Waals surface area contributed by atoms with E-state index in [2.05, 4.69) is 36.2 Å². The summed E-state index contributed by atoms with van der Waals surface area (Å²) in [6.07, 6.45) is 4.57. The summed E-state index contributed by atoms with van der Waals surface area (Å²) in [4.78, 5) is 4.41. The Balaban J connectivity index is 2.47. The summed E-state index contributed by atoms with van der Waals surface area (Å²) < 4.78 is 5.10. The maximum atomic E-state index is 5.10. The lowest BCUT2D eigenvalue weighted by Crippen LogP contribution is -2.39. The molecule has 0 saturated carbocycles. The summed E-state index contributed by atoms with van der Waals surface area (Å²) in [7, 11) is 3.80. The molecule has 0 amide bonds. The van der Waals surface area contributed by atoms with Crippen LogP contribution in [0.2, 0.25) is 0 Å². The van der Waals surface area contributed by atoms with Crippen LogP contribution in [0.3, 0.4) is 0 Å². The fourth-order valence-electron chi connectivity index (χ4n) is 1.30. The monoisotopic (exact) mass is 156 g/mol. The van der Waals surface area contributed by atoms with Gasteiger partial charge in [0, 0.05) is 33.1 Å². The zero-order valence-corrected chi connectivity index (χ0v) is 7.45. The highest BCUT2D eigenvalue weighted by atomic mass is 16.5. The fourth-order valence-corrected chi connectivity index (χ4v) is 1.30. The molecule has 11 heavy (non-hydrogen) atoms. The summed E-state index contributed by atoms with van der Waals surface area (Å²) >= 11 is 0. The van der Waals surface area contributed by atoms with Crippen LogP contribution in [0.1, 0.15) is 6.92 Å². The van der Waals surface area contributed by atoms with Crippen molar-refractivity contribution >= 4 is 0 Å². The summed E-state index contributed by atoms with van der Waals surface area (Å²) in [5.74, 6) is 0. The van der Waals surface area contributed by atoms with Crippen LogP contribution >= 0.6 is 0 Å². The van der Waals surface area contributed by atoms with E-state index >= 15 is 0 Å². The standard InChI is InChI=1S/C8H16N2O/c1-4-10-6-5-9(2)8(10)7-11-3/h5-6,8H,4,7H2,1-3H3. The molecule has 0 aromatic heterocycles. The molecule has 1 rings (SSSR count). The molecule has 0 spiro atoms. The first-order valence-electron chi connectivity index (χ1n) is 3.94. The van der Waals surface area contributed by atoms with Crippen molar-refractivity contribution in [3.63, 3.8) is 0 Å². The van der Waals surface area contributed by atoms with Gasteiger partial charge in [0.05, 0.1) is 6.61 Å². The average Bonchev–Trinajstić information content (AvgIpc) is 2.34. The molecule has 1 heterocycles. The predicted octanol–water partition coefficient (Wildman–Crippen LogP) is 0.697. The number of hydrogen-bond donors (Lipinski definition) is 0. The van der Waals surface area contributed by atoms with Crippen LogP contribution < -0.4 is 0 Å². The molecule has 3 heteroatoms. The molecule has 64 valence electrons. The van der Waals surface area contributed by atoms with E-state index in [9.17, 15) is 0 Å². The lowest BCUT2D eigenvalue weighted by atomic mass is 10.4. The first kappa shape index (κ1) is 8.40. The van der Waals surface area contributed by atoms with Crippen molar-refractivity contribution in [1.82, 2.24) is 9.80 Å². The molecular formula is C8H16N2O. The van der Waals surface area contributed by atoms with E-state index in [4.69, 9.17) is 4.74 Å². The Labute approximate surface area is 68.2 Å².